The van der Waals surface area contributed by atoms with E-state index >= 15 is 0 Å². The van der Waals surface area contributed by atoms with Gasteiger partial charge in [-0.2, -0.15) is 0 Å². The lowest BCUT2D eigenvalue weighted by Crippen LogP contribution is -1.78. The van der Waals surface area contributed by atoms with Gasteiger partial charge in [0.1, 0.15) is 5.75 Å². The standard InChI is InChI=1S/C10H12OS/c1-8(2)7-12-10-5-3-9(11)4-6-10/h3-6,11H,1,7H2,2H3. The van der Waals surface area contributed by atoms with Gasteiger partial charge in [0.15, 0.2) is 0 Å². The summed E-state index contributed by atoms with van der Waals surface area (Å²) in [5.74, 6) is 1.25. The number of hydrogen-bond acceptors (Lipinski definition) is 2. The van der Waals surface area contributed by atoms with Crippen molar-refractivity contribution in [2.24, 2.45) is 0 Å². The molecule has 0 fully saturated rings. The molecule has 0 heterocycles. The largest absolute Gasteiger partial charge is 0.508 e. The van der Waals surface area contributed by atoms with Crippen LogP contribution < -0.4 is 0 Å². The van der Waals surface area contributed by atoms with Crippen molar-refractivity contribution < 1.29 is 5.11 Å². The molecule has 1 N–H and O–H groups in total. The molecule has 0 atom stereocenters. The minimum absolute atomic E-state index is 0.315. The molecule has 0 aromatic heterocycles. The minimum atomic E-state index is 0.315. The van der Waals surface area contributed by atoms with Gasteiger partial charge in [-0.15, -0.1) is 11.8 Å². The summed E-state index contributed by atoms with van der Waals surface area (Å²) in [6, 6.07) is 7.20. The van der Waals surface area contributed by atoms with E-state index in [1.54, 1.807) is 23.9 Å². The number of hydrogen-bond donors (Lipinski definition) is 1. The van der Waals surface area contributed by atoms with Crippen LogP contribution in [0, 0.1) is 0 Å². The molecule has 0 aliphatic heterocycles. The maximum Gasteiger partial charge on any atom is 0.115 e. The van der Waals surface area contributed by atoms with Gasteiger partial charge in [-0.25, -0.2) is 0 Å². The highest BCUT2D eigenvalue weighted by Gasteiger charge is 1.93. The van der Waals surface area contributed by atoms with Crippen molar-refractivity contribution in [3.05, 3.63) is 36.4 Å². The van der Waals surface area contributed by atoms with Crippen LogP contribution in [0.2, 0.25) is 0 Å². The van der Waals surface area contributed by atoms with E-state index < -0.39 is 0 Å². The van der Waals surface area contributed by atoms with Gasteiger partial charge in [0.2, 0.25) is 0 Å². The molecule has 1 aromatic rings. The van der Waals surface area contributed by atoms with Crippen LogP contribution in [0.5, 0.6) is 5.75 Å². The molecule has 1 rings (SSSR count). The summed E-state index contributed by atoms with van der Waals surface area (Å²) >= 11 is 1.73. The summed E-state index contributed by atoms with van der Waals surface area (Å²) in [4.78, 5) is 1.16. The molecule has 0 amide bonds. The van der Waals surface area contributed by atoms with E-state index in [0.29, 0.717) is 5.75 Å². The second kappa shape index (κ2) is 4.21. The van der Waals surface area contributed by atoms with E-state index in [1.165, 1.54) is 0 Å². The van der Waals surface area contributed by atoms with Gasteiger partial charge in [-0.05, 0) is 31.2 Å². The molecule has 0 saturated heterocycles. The van der Waals surface area contributed by atoms with Gasteiger partial charge in [0.25, 0.3) is 0 Å². The molecule has 2 heteroatoms. The Morgan fingerprint density at radius 1 is 1.42 bits per heavy atom. The number of phenols is 1. The fourth-order valence-corrected chi connectivity index (χ4v) is 1.49. The Morgan fingerprint density at radius 3 is 2.50 bits per heavy atom. The van der Waals surface area contributed by atoms with Gasteiger partial charge >= 0.3 is 0 Å². The number of thioether (sulfide) groups is 1. The molecule has 0 aliphatic carbocycles. The van der Waals surface area contributed by atoms with E-state index in [4.69, 9.17) is 5.11 Å². The fourth-order valence-electron chi connectivity index (χ4n) is 0.749. The average Bonchev–Trinajstić information content (AvgIpc) is 2.03. The van der Waals surface area contributed by atoms with Crippen LogP contribution >= 0.6 is 11.8 Å². The number of benzene rings is 1. The lowest BCUT2D eigenvalue weighted by Gasteiger charge is -2.00. The number of rotatable bonds is 3. The summed E-state index contributed by atoms with van der Waals surface area (Å²) in [5.41, 5.74) is 1.16. The molecule has 64 valence electrons. The summed E-state index contributed by atoms with van der Waals surface area (Å²) in [6.45, 7) is 5.82. The lowest BCUT2D eigenvalue weighted by atomic mass is 10.3. The zero-order chi connectivity index (χ0) is 8.97. The Balaban J connectivity index is 2.53. The van der Waals surface area contributed by atoms with Crippen molar-refractivity contribution in [2.75, 3.05) is 5.75 Å². The molecule has 0 bridgehead atoms. The first-order valence-corrected chi connectivity index (χ1v) is 4.73. The number of phenolic OH excluding ortho intramolecular Hbond substituents is 1. The molecule has 1 aromatic carbocycles. The van der Waals surface area contributed by atoms with Crippen LogP contribution in [0.25, 0.3) is 0 Å². The Kier molecular flexibility index (Phi) is 3.23. The molecule has 0 spiro atoms. The summed E-state index contributed by atoms with van der Waals surface area (Å²) < 4.78 is 0. The van der Waals surface area contributed by atoms with Crippen molar-refractivity contribution in [3.63, 3.8) is 0 Å². The molecular weight excluding hydrogens is 168 g/mol. The number of aromatic hydroxyl groups is 1. The fraction of sp³-hybridized carbons (Fsp3) is 0.200. The van der Waals surface area contributed by atoms with E-state index in [1.807, 2.05) is 19.1 Å². The first-order chi connectivity index (χ1) is 5.68. The predicted molar refractivity (Wildman–Crippen MR) is 53.6 cm³/mol. The highest BCUT2D eigenvalue weighted by molar-refractivity contribution is 7.99. The molecule has 0 saturated carbocycles. The van der Waals surface area contributed by atoms with Gasteiger partial charge in [0, 0.05) is 10.6 Å². The highest BCUT2D eigenvalue weighted by Crippen LogP contribution is 2.21. The van der Waals surface area contributed by atoms with Crippen molar-refractivity contribution in [1.82, 2.24) is 0 Å². The highest BCUT2D eigenvalue weighted by atomic mass is 32.2. The van der Waals surface area contributed by atoms with E-state index in [9.17, 15) is 0 Å². The van der Waals surface area contributed by atoms with E-state index in [-0.39, 0.29) is 0 Å². The smallest absolute Gasteiger partial charge is 0.115 e. The Labute approximate surface area is 77.1 Å². The summed E-state index contributed by atoms with van der Waals surface area (Å²) in [7, 11) is 0. The maximum absolute atomic E-state index is 9.01. The van der Waals surface area contributed by atoms with Gasteiger partial charge in [0.05, 0.1) is 0 Å². The third-order valence-corrected chi connectivity index (χ3v) is 2.56. The van der Waals surface area contributed by atoms with Crippen LogP contribution in [0.1, 0.15) is 6.92 Å². The molecule has 0 radical (unpaired) electrons. The second-order valence-corrected chi connectivity index (χ2v) is 3.79. The van der Waals surface area contributed by atoms with Crippen LogP contribution in [0.3, 0.4) is 0 Å². The zero-order valence-corrected chi connectivity index (χ0v) is 7.90. The van der Waals surface area contributed by atoms with Gasteiger partial charge in [-0.3, -0.25) is 0 Å². The minimum Gasteiger partial charge on any atom is -0.508 e. The maximum atomic E-state index is 9.01. The average molecular weight is 180 g/mol. The Hall–Kier alpha value is -0.890. The second-order valence-electron chi connectivity index (χ2n) is 2.74. The summed E-state index contributed by atoms with van der Waals surface area (Å²) in [6.07, 6.45) is 0. The molecule has 0 unspecified atom stereocenters. The molecular formula is C10H12OS. The lowest BCUT2D eigenvalue weighted by molar-refractivity contribution is 0.475. The predicted octanol–water partition coefficient (Wildman–Crippen LogP) is 3.06. The summed E-state index contributed by atoms with van der Waals surface area (Å²) in [5, 5.41) is 9.01. The van der Waals surface area contributed by atoms with Crippen molar-refractivity contribution in [1.29, 1.82) is 0 Å². The van der Waals surface area contributed by atoms with Gasteiger partial charge in [-0.1, -0.05) is 12.2 Å². The third-order valence-electron chi connectivity index (χ3n) is 1.32. The molecule has 1 nitrogen and oxygen atoms in total. The normalized spacial score (nSPS) is 9.75. The molecule has 0 aliphatic rings. The van der Waals surface area contributed by atoms with Crippen LogP contribution in [-0.4, -0.2) is 10.9 Å². The SMILES string of the molecule is C=C(C)CSc1ccc(O)cc1. The van der Waals surface area contributed by atoms with Crippen LogP contribution in [-0.2, 0) is 0 Å². The quantitative estimate of drug-likeness (QED) is 0.570. The van der Waals surface area contributed by atoms with E-state index in [0.717, 1.165) is 16.2 Å². The Morgan fingerprint density at radius 2 is 2.00 bits per heavy atom. The third kappa shape index (κ3) is 3.01. The van der Waals surface area contributed by atoms with E-state index in [2.05, 4.69) is 6.58 Å². The van der Waals surface area contributed by atoms with Crippen LogP contribution in [0.15, 0.2) is 41.3 Å². The molecule has 12 heavy (non-hydrogen) atoms. The van der Waals surface area contributed by atoms with Crippen molar-refractivity contribution in [3.8, 4) is 5.75 Å². The zero-order valence-electron chi connectivity index (χ0n) is 7.08. The van der Waals surface area contributed by atoms with Crippen LogP contribution in [0.4, 0.5) is 0 Å². The first-order valence-electron chi connectivity index (χ1n) is 3.74. The van der Waals surface area contributed by atoms with Gasteiger partial charge < -0.3 is 5.11 Å². The van der Waals surface area contributed by atoms with Crippen molar-refractivity contribution >= 4 is 11.8 Å². The first kappa shape index (κ1) is 9.20. The monoisotopic (exact) mass is 180 g/mol. The van der Waals surface area contributed by atoms with Crippen molar-refractivity contribution in [2.45, 2.75) is 11.8 Å². The Bertz CT molecular complexity index is 264. The topological polar surface area (TPSA) is 20.2 Å².